The molecule has 1 aromatic heterocycles. The number of hydrogen-bond acceptors (Lipinski definition) is 4. The van der Waals surface area contributed by atoms with Gasteiger partial charge in [0.2, 0.25) is 0 Å². The third-order valence-corrected chi connectivity index (χ3v) is 4.48. The van der Waals surface area contributed by atoms with Crippen LogP contribution in [0.3, 0.4) is 0 Å². The molecule has 2 N–H and O–H groups in total. The second kappa shape index (κ2) is 5.67. The maximum absolute atomic E-state index is 11.1. The zero-order valence-corrected chi connectivity index (χ0v) is 17.9. The third kappa shape index (κ3) is 3.09. The first-order chi connectivity index (χ1) is 8.22. The van der Waals surface area contributed by atoms with Crippen molar-refractivity contribution in [2.75, 3.05) is 13.3 Å². The molecule has 0 fully saturated rings. The Labute approximate surface area is 128 Å². The number of anilines is 2. The van der Waals surface area contributed by atoms with E-state index < -0.39 is 6.09 Å². The number of aromatic nitrogens is 1. The summed E-state index contributed by atoms with van der Waals surface area (Å²) in [7, 11) is 1.34. The molecule has 0 atom stereocenters. The molecule has 0 bridgehead atoms. The first-order valence-electron chi connectivity index (χ1n) is 5.16. The van der Waals surface area contributed by atoms with Crippen molar-refractivity contribution in [1.82, 2.24) is 4.98 Å². The van der Waals surface area contributed by atoms with Crippen LogP contribution in [-0.4, -0.2) is 18.2 Å². The number of fused-ring (bicyclic) bond motifs is 1. The Morgan fingerprint density at radius 3 is 2.88 bits per heavy atom. The summed E-state index contributed by atoms with van der Waals surface area (Å²) in [6, 6.07) is 9.46. The van der Waals surface area contributed by atoms with Gasteiger partial charge in [-0.15, -0.1) is 0 Å². The molecule has 1 heterocycles. The number of nitrogens with zero attached hydrogens (tertiary/aromatic N) is 1. The number of amides is 1. The number of ether oxygens (including phenoxy) is 1. The monoisotopic (exact) mass is 443 g/mol. The molecule has 0 radical (unpaired) electrons. The Kier molecular flexibility index (Phi) is 4.21. The molecule has 6 heteroatoms. The van der Waals surface area contributed by atoms with Crippen LogP contribution in [0.4, 0.5) is 16.3 Å². The van der Waals surface area contributed by atoms with Gasteiger partial charge < -0.3 is 0 Å². The van der Waals surface area contributed by atoms with E-state index in [1.54, 1.807) is 6.07 Å². The van der Waals surface area contributed by atoms with E-state index >= 15 is 0 Å². The average molecular weight is 443 g/mol. The fourth-order valence-corrected chi connectivity index (χ4v) is 2.66. The summed E-state index contributed by atoms with van der Waals surface area (Å²) < 4.78 is 7.74. The number of rotatable bonds is 2. The van der Waals surface area contributed by atoms with E-state index in [9.17, 15) is 4.79 Å². The molecule has 0 aliphatic rings. The summed E-state index contributed by atoms with van der Waals surface area (Å²) in [6.07, 6.45) is -0.473. The first-order valence-corrected chi connectivity index (χ1v) is 9.27. The molecule has 0 unspecified atom stereocenters. The van der Waals surface area contributed by atoms with E-state index in [1.807, 2.05) is 24.3 Å². The molecule has 0 saturated carbocycles. The van der Waals surface area contributed by atoms with Gasteiger partial charge in [0.05, 0.1) is 0 Å². The van der Waals surface area contributed by atoms with Gasteiger partial charge in [-0.05, 0) is 0 Å². The predicted molar refractivity (Wildman–Crippen MR) is 62.8 cm³/mol. The van der Waals surface area contributed by atoms with E-state index in [2.05, 4.69) is 15.9 Å². The quantitative estimate of drug-likeness (QED) is 0.746. The van der Waals surface area contributed by atoms with E-state index in [0.29, 0.717) is 5.69 Å². The molecule has 1 amide bonds. The fraction of sp³-hybridized carbons (Fsp3) is 0.0909. The fourth-order valence-electron chi connectivity index (χ4n) is 1.51. The van der Waals surface area contributed by atoms with Crippen LogP contribution in [-0.2, 0) is 4.74 Å². The van der Waals surface area contributed by atoms with Crippen LogP contribution in [0.2, 0.25) is 0 Å². The summed E-state index contributed by atoms with van der Waals surface area (Å²) >= 11 is 0.238. The number of benzene rings is 1. The van der Waals surface area contributed by atoms with Crippen molar-refractivity contribution in [2.45, 2.75) is 0 Å². The number of pyridine rings is 1. The van der Waals surface area contributed by atoms with Crippen molar-refractivity contribution in [3.63, 3.8) is 0 Å². The topological polar surface area (TPSA) is 63.2 Å². The SMILES string of the molecule is COC(=O)Nc1ccc2nc([NH][RaH])ccc2c1. The minimum absolute atomic E-state index is 0.238. The Balaban J connectivity index is 2.34. The molecule has 2 rings (SSSR count). The van der Waals surface area contributed by atoms with Crippen molar-refractivity contribution in [3.8, 4) is 0 Å². The van der Waals surface area contributed by atoms with Gasteiger partial charge in [0, 0.05) is 0 Å². The van der Waals surface area contributed by atoms with Gasteiger partial charge in [0.15, 0.2) is 0 Å². The first kappa shape index (κ1) is 12.6. The number of hydrogen-bond donors (Lipinski definition) is 2. The summed E-state index contributed by atoms with van der Waals surface area (Å²) in [6.45, 7) is 0. The normalized spacial score (nSPS) is 9.88. The Morgan fingerprint density at radius 1 is 1.35 bits per heavy atom. The minimum atomic E-state index is -0.473. The molecule has 0 saturated heterocycles. The van der Waals surface area contributed by atoms with Crippen LogP contribution in [0, 0.1) is 43.2 Å². The second-order valence-corrected chi connectivity index (χ2v) is 5.53. The maximum atomic E-state index is 11.1. The van der Waals surface area contributed by atoms with Crippen molar-refractivity contribution in [3.05, 3.63) is 30.3 Å². The molecule has 84 valence electrons. The van der Waals surface area contributed by atoms with E-state index in [1.165, 1.54) is 7.11 Å². The number of methoxy groups -OCH3 is 1. The van der Waals surface area contributed by atoms with E-state index in [0.717, 1.165) is 16.7 Å². The van der Waals surface area contributed by atoms with Crippen LogP contribution in [0.5, 0.6) is 0 Å². The number of carbonyl (C=O) groups excluding carboxylic acids is 1. The molecular weight excluding hydrogens is 432 g/mol. The van der Waals surface area contributed by atoms with Crippen LogP contribution in [0.25, 0.3) is 10.9 Å². The molecule has 1 aromatic carbocycles. The van der Waals surface area contributed by atoms with Crippen LogP contribution < -0.4 is 6.17 Å². The molecule has 0 spiro atoms. The molecular formula is C11H11N3O2Ra. The summed E-state index contributed by atoms with van der Waals surface area (Å²) in [5.41, 5.74) is 1.60. The van der Waals surface area contributed by atoms with Gasteiger partial charge in [0.25, 0.3) is 0 Å². The van der Waals surface area contributed by atoms with E-state index in [-0.39, 0.29) is 43.2 Å². The molecule has 0 aliphatic carbocycles. The van der Waals surface area contributed by atoms with Crippen LogP contribution >= 0.6 is 0 Å². The van der Waals surface area contributed by atoms with Crippen LogP contribution in [0.1, 0.15) is 0 Å². The van der Waals surface area contributed by atoms with E-state index in [4.69, 9.17) is 0 Å². The van der Waals surface area contributed by atoms with Crippen molar-refractivity contribution in [1.29, 1.82) is 0 Å². The Morgan fingerprint density at radius 2 is 2.18 bits per heavy atom. The molecule has 2 aromatic rings. The number of carbonyl (C=O) groups is 1. The van der Waals surface area contributed by atoms with Gasteiger partial charge in [-0.2, -0.15) is 0 Å². The molecule has 5 nitrogen and oxygen atoms in total. The standard InChI is InChI=1S/C11H11N3O2.Ra.H/c1-16-11(15)13-8-3-4-9-7(6-8)2-5-10(12)14-9;;/h2-6H,1H3,(H3,12,13,14,15);;/q;+1;/p-1. The van der Waals surface area contributed by atoms with Gasteiger partial charge in [-0.25, -0.2) is 0 Å². The molecule has 0 aliphatic heterocycles. The number of nitrogens with one attached hydrogen (secondary N) is 2. The van der Waals surface area contributed by atoms with Gasteiger partial charge >= 0.3 is 130 Å². The second-order valence-electron chi connectivity index (χ2n) is 3.47. The van der Waals surface area contributed by atoms with Crippen molar-refractivity contribution < 1.29 is 52.7 Å². The van der Waals surface area contributed by atoms with Gasteiger partial charge in [-0.1, -0.05) is 0 Å². The summed E-state index contributed by atoms with van der Waals surface area (Å²) in [5, 5.41) is 3.60. The van der Waals surface area contributed by atoms with Crippen LogP contribution in [0.15, 0.2) is 30.3 Å². The van der Waals surface area contributed by atoms with Gasteiger partial charge in [0.1, 0.15) is 0 Å². The van der Waals surface area contributed by atoms with Gasteiger partial charge in [-0.3, -0.25) is 0 Å². The zero-order chi connectivity index (χ0) is 12.3. The molecule has 17 heavy (non-hydrogen) atoms. The van der Waals surface area contributed by atoms with Crippen molar-refractivity contribution >= 4 is 28.5 Å². The summed E-state index contributed by atoms with van der Waals surface area (Å²) in [4.78, 5) is 15.5. The zero-order valence-electron chi connectivity index (χ0n) is 9.65. The summed E-state index contributed by atoms with van der Waals surface area (Å²) in [5.74, 6) is 0.913. The average Bonchev–Trinajstić information content (AvgIpc) is 2.38. The predicted octanol–water partition coefficient (Wildman–Crippen LogP) is 2.02. The Hall–Kier alpha value is -0.832. The third-order valence-electron chi connectivity index (χ3n) is 2.38. The van der Waals surface area contributed by atoms with Crippen molar-refractivity contribution in [2.24, 2.45) is 0 Å². The Bertz CT molecular complexity index is 559.